The fourth-order valence-electron chi connectivity index (χ4n) is 1.23. The van der Waals surface area contributed by atoms with E-state index in [9.17, 15) is 4.79 Å². The predicted octanol–water partition coefficient (Wildman–Crippen LogP) is 0.701. The molecule has 0 aromatic carbocycles. The van der Waals surface area contributed by atoms with E-state index < -0.39 is 17.4 Å². The maximum absolute atomic E-state index is 11.2. The van der Waals surface area contributed by atoms with Gasteiger partial charge in [-0.25, -0.2) is 4.79 Å². The van der Waals surface area contributed by atoms with Crippen molar-refractivity contribution in [1.29, 1.82) is 0 Å². The van der Waals surface area contributed by atoms with Crippen LogP contribution in [0.3, 0.4) is 0 Å². The molecule has 0 aromatic heterocycles. The molecule has 1 rings (SSSR count). The van der Waals surface area contributed by atoms with Crippen LogP contribution >= 0.6 is 0 Å². The summed E-state index contributed by atoms with van der Waals surface area (Å²) in [6.45, 7) is 5.43. The van der Waals surface area contributed by atoms with E-state index in [1.165, 1.54) is 7.11 Å². The van der Waals surface area contributed by atoms with E-state index in [2.05, 4.69) is 4.74 Å². The second-order valence-electron chi connectivity index (χ2n) is 3.51. The summed E-state index contributed by atoms with van der Waals surface area (Å²) in [4.78, 5) is 11.2. The van der Waals surface area contributed by atoms with Crippen molar-refractivity contribution in [3.8, 4) is 0 Å². The van der Waals surface area contributed by atoms with Gasteiger partial charge in [0.2, 0.25) is 0 Å². The first-order chi connectivity index (χ1) is 5.40. The Morgan fingerprint density at radius 1 is 1.42 bits per heavy atom. The molecule has 0 amide bonds. The Morgan fingerprint density at radius 2 is 2.00 bits per heavy atom. The average molecular weight is 174 g/mol. The largest absolute Gasteiger partial charge is 0.467 e. The first-order valence-electron chi connectivity index (χ1n) is 3.82. The topological polar surface area (TPSA) is 44.8 Å². The lowest BCUT2D eigenvalue weighted by Gasteiger charge is -2.22. The van der Waals surface area contributed by atoms with Crippen molar-refractivity contribution in [1.82, 2.24) is 0 Å². The molecule has 12 heavy (non-hydrogen) atoms. The molecule has 4 nitrogen and oxygen atoms in total. The molecule has 0 aliphatic carbocycles. The van der Waals surface area contributed by atoms with E-state index in [1.54, 1.807) is 20.8 Å². The lowest BCUT2D eigenvalue weighted by Crippen LogP contribution is -2.40. The number of carbonyl (C=O) groups is 1. The highest BCUT2D eigenvalue weighted by Crippen LogP contribution is 2.31. The summed E-state index contributed by atoms with van der Waals surface area (Å²) in [5.74, 6) is -1.09. The summed E-state index contributed by atoms with van der Waals surface area (Å²) in [7, 11) is 1.34. The molecule has 1 saturated heterocycles. The van der Waals surface area contributed by atoms with Gasteiger partial charge in [0.1, 0.15) is 0 Å². The minimum absolute atomic E-state index is 0.243. The van der Waals surface area contributed by atoms with Gasteiger partial charge >= 0.3 is 5.97 Å². The molecule has 1 aliphatic heterocycles. The van der Waals surface area contributed by atoms with Crippen LogP contribution in [0.15, 0.2) is 0 Å². The van der Waals surface area contributed by atoms with Crippen molar-refractivity contribution in [3.05, 3.63) is 0 Å². The van der Waals surface area contributed by atoms with Crippen molar-refractivity contribution in [2.75, 3.05) is 13.7 Å². The molecule has 1 heterocycles. The molecule has 70 valence electrons. The summed E-state index contributed by atoms with van der Waals surface area (Å²) in [5, 5.41) is 0. The van der Waals surface area contributed by atoms with Crippen LogP contribution in [-0.4, -0.2) is 31.1 Å². The molecule has 0 aromatic rings. The molecule has 1 fully saturated rings. The van der Waals surface area contributed by atoms with Crippen LogP contribution in [0.25, 0.3) is 0 Å². The van der Waals surface area contributed by atoms with Crippen LogP contribution in [0.2, 0.25) is 0 Å². The Hall–Kier alpha value is -0.610. The fraction of sp³-hybridized carbons (Fsp3) is 0.875. The molecule has 1 atom stereocenters. The van der Waals surface area contributed by atoms with Crippen molar-refractivity contribution in [3.63, 3.8) is 0 Å². The van der Waals surface area contributed by atoms with Gasteiger partial charge in [0, 0.05) is 0 Å². The zero-order chi connectivity index (χ0) is 9.41. The number of methoxy groups -OCH3 is 1. The minimum atomic E-state index is -0.946. The van der Waals surface area contributed by atoms with Crippen molar-refractivity contribution in [2.24, 2.45) is 0 Å². The van der Waals surface area contributed by atoms with Crippen LogP contribution in [0, 0.1) is 0 Å². The first-order valence-corrected chi connectivity index (χ1v) is 3.82. The van der Waals surface area contributed by atoms with E-state index >= 15 is 0 Å². The van der Waals surface area contributed by atoms with Crippen LogP contribution in [0.5, 0.6) is 0 Å². The van der Waals surface area contributed by atoms with Gasteiger partial charge in [-0.2, -0.15) is 0 Å². The second kappa shape index (κ2) is 2.71. The molecule has 1 aliphatic rings. The van der Waals surface area contributed by atoms with E-state index in [0.717, 1.165) is 0 Å². The van der Waals surface area contributed by atoms with E-state index in [1.807, 2.05) is 0 Å². The van der Waals surface area contributed by atoms with Gasteiger partial charge in [0.15, 0.2) is 11.4 Å². The van der Waals surface area contributed by atoms with E-state index in [-0.39, 0.29) is 6.61 Å². The van der Waals surface area contributed by atoms with Crippen molar-refractivity contribution < 1.29 is 19.0 Å². The standard InChI is InChI=1S/C8H14O4/c1-7(2)11-5-8(3,12-7)6(9)10-4/h5H2,1-4H3/t8-/m1/s1. The van der Waals surface area contributed by atoms with Crippen molar-refractivity contribution in [2.45, 2.75) is 32.2 Å². The molecular formula is C8H14O4. The number of hydrogen-bond donors (Lipinski definition) is 0. The Balaban J connectivity index is 2.71. The quantitative estimate of drug-likeness (QED) is 0.549. The second-order valence-corrected chi connectivity index (χ2v) is 3.51. The predicted molar refractivity (Wildman–Crippen MR) is 41.5 cm³/mol. The highest BCUT2D eigenvalue weighted by atomic mass is 16.8. The monoisotopic (exact) mass is 174 g/mol. The van der Waals surface area contributed by atoms with Crippen molar-refractivity contribution >= 4 is 5.97 Å². The Bertz CT molecular complexity index is 199. The number of hydrogen-bond acceptors (Lipinski definition) is 4. The van der Waals surface area contributed by atoms with Gasteiger partial charge in [0.05, 0.1) is 13.7 Å². The maximum atomic E-state index is 11.2. The van der Waals surface area contributed by atoms with Gasteiger partial charge in [-0.3, -0.25) is 0 Å². The molecule has 0 unspecified atom stereocenters. The molecule has 0 saturated carbocycles. The zero-order valence-electron chi connectivity index (χ0n) is 7.84. The normalized spacial score (nSPS) is 33.3. The maximum Gasteiger partial charge on any atom is 0.340 e. The van der Waals surface area contributed by atoms with Gasteiger partial charge in [-0.05, 0) is 20.8 Å². The third kappa shape index (κ3) is 1.59. The third-order valence-corrected chi connectivity index (χ3v) is 1.78. The van der Waals surface area contributed by atoms with Crippen LogP contribution in [0.4, 0.5) is 0 Å². The first kappa shape index (κ1) is 9.48. The van der Waals surface area contributed by atoms with Crippen LogP contribution in [-0.2, 0) is 19.0 Å². The number of rotatable bonds is 1. The molecule has 4 heteroatoms. The highest BCUT2D eigenvalue weighted by Gasteiger charge is 2.48. The van der Waals surface area contributed by atoms with E-state index in [0.29, 0.717) is 0 Å². The van der Waals surface area contributed by atoms with Crippen LogP contribution in [0.1, 0.15) is 20.8 Å². The number of esters is 1. The summed E-state index contributed by atoms with van der Waals surface area (Å²) in [6.07, 6.45) is 0. The minimum Gasteiger partial charge on any atom is -0.467 e. The SMILES string of the molecule is COC(=O)[C@@]1(C)COC(C)(C)O1. The summed E-state index contributed by atoms with van der Waals surface area (Å²) in [6, 6.07) is 0. The Kier molecular flexibility index (Phi) is 2.14. The van der Waals surface area contributed by atoms with Gasteiger partial charge < -0.3 is 14.2 Å². The smallest absolute Gasteiger partial charge is 0.340 e. The van der Waals surface area contributed by atoms with E-state index in [4.69, 9.17) is 9.47 Å². The lowest BCUT2D eigenvalue weighted by atomic mass is 10.1. The number of carbonyl (C=O) groups excluding carboxylic acids is 1. The summed E-state index contributed by atoms with van der Waals surface area (Å²) >= 11 is 0. The zero-order valence-corrected chi connectivity index (χ0v) is 7.84. The number of ether oxygens (including phenoxy) is 3. The Labute approximate surface area is 71.8 Å². The molecule has 0 bridgehead atoms. The van der Waals surface area contributed by atoms with Gasteiger partial charge in [0.25, 0.3) is 0 Å². The fourth-order valence-corrected chi connectivity index (χ4v) is 1.23. The van der Waals surface area contributed by atoms with Crippen LogP contribution < -0.4 is 0 Å². The average Bonchev–Trinajstić information content (AvgIpc) is 2.25. The third-order valence-electron chi connectivity index (χ3n) is 1.78. The molecular weight excluding hydrogens is 160 g/mol. The Morgan fingerprint density at radius 3 is 2.33 bits per heavy atom. The molecule has 0 radical (unpaired) electrons. The molecule has 0 N–H and O–H groups in total. The van der Waals surface area contributed by atoms with Gasteiger partial charge in [-0.1, -0.05) is 0 Å². The summed E-state index contributed by atoms with van der Waals surface area (Å²) in [5.41, 5.74) is -0.946. The highest BCUT2D eigenvalue weighted by molar-refractivity contribution is 5.79. The molecule has 0 spiro atoms. The summed E-state index contributed by atoms with van der Waals surface area (Å²) < 4.78 is 15.2. The lowest BCUT2D eigenvalue weighted by molar-refractivity contribution is -0.184. The van der Waals surface area contributed by atoms with Gasteiger partial charge in [-0.15, -0.1) is 0 Å².